The third kappa shape index (κ3) is 2.51. The fourth-order valence-electron chi connectivity index (χ4n) is 2.00. The smallest absolute Gasteiger partial charge is 0.161 e. The molecule has 98 valence electrons. The second kappa shape index (κ2) is 4.85. The Labute approximate surface area is 111 Å². The molecule has 1 aromatic heterocycles. The highest BCUT2D eigenvalue weighted by molar-refractivity contribution is 5.59. The number of nitrogens with two attached hydrogens (primary N) is 1. The molecule has 1 aliphatic rings. The van der Waals surface area contributed by atoms with Crippen LogP contribution in [-0.2, 0) is 0 Å². The highest BCUT2D eigenvalue weighted by Gasteiger charge is 2.26. The Hall–Kier alpha value is -2.14. The first-order valence-electron chi connectivity index (χ1n) is 6.30. The number of methoxy groups -OCH3 is 1. The lowest BCUT2D eigenvalue weighted by molar-refractivity contribution is 0.415. The largest absolute Gasteiger partial charge is 0.497 e. The molecule has 1 saturated carbocycles. The van der Waals surface area contributed by atoms with Crippen molar-refractivity contribution in [3.05, 3.63) is 36.0 Å². The monoisotopic (exact) mass is 256 g/mol. The van der Waals surface area contributed by atoms with Crippen molar-refractivity contribution in [1.29, 1.82) is 0 Å². The molecule has 1 heterocycles. The number of ether oxygens (including phenoxy) is 1. The molecule has 0 radical (unpaired) electrons. The summed E-state index contributed by atoms with van der Waals surface area (Å²) in [7, 11) is 1.65. The Kier molecular flexibility index (Phi) is 3.05. The van der Waals surface area contributed by atoms with E-state index in [0.717, 1.165) is 17.0 Å². The van der Waals surface area contributed by atoms with Gasteiger partial charge in [0.15, 0.2) is 5.82 Å². The Morgan fingerprint density at radius 1 is 1.21 bits per heavy atom. The predicted molar refractivity (Wildman–Crippen MR) is 73.8 cm³/mol. The molecule has 0 saturated heterocycles. The normalized spacial score (nSPS) is 14.2. The van der Waals surface area contributed by atoms with Crippen molar-refractivity contribution in [2.24, 2.45) is 5.84 Å². The maximum absolute atomic E-state index is 5.47. The number of nitrogens with zero attached hydrogens (tertiary/aromatic N) is 2. The lowest BCUT2D eigenvalue weighted by atomic mass is 10.2. The molecule has 5 heteroatoms. The van der Waals surface area contributed by atoms with Crippen molar-refractivity contribution in [2.75, 3.05) is 12.5 Å². The van der Waals surface area contributed by atoms with Gasteiger partial charge in [-0.1, -0.05) is 0 Å². The average molecular weight is 256 g/mol. The van der Waals surface area contributed by atoms with Crippen molar-refractivity contribution in [1.82, 2.24) is 9.97 Å². The number of aromatic nitrogens is 2. The Bertz CT molecular complexity index is 578. The summed E-state index contributed by atoms with van der Waals surface area (Å²) in [6.07, 6.45) is 2.39. The molecule has 3 rings (SSSR count). The summed E-state index contributed by atoms with van der Waals surface area (Å²) in [4.78, 5) is 9.02. The van der Waals surface area contributed by atoms with E-state index < -0.39 is 0 Å². The number of rotatable bonds is 4. The van der Waals surface area contributed by atoms with Crippen LogP contribution in [0.2, 0.25) is 0 Å². The first-order valence-corrected chi connectivity index (χ1v) is 6.30. The molecule has 0 bridgehead atoms. The summed E-state index contributed by atoms with van der Waals surface area (Å²) in [5.41, 5.74) is 4.63. The number of benzene rings is 1. The molecule has 3 N–H and O–H groups in total. The summed E-state index contributed by atoms with van der Waals surface area (Å²) in [6.45, 7) is 0. The van der Waals surface area contributed by atoms with E-state index in [-0.39, 0.29) is 0 Å². The maximum Gasteiger partial charge on any atom is 0.161 e. The van der Waals surface area contributed by atoms with Crippen LogP contribution in [0.15, 0.2) is 30.3 Å². The number of hydrogen-bond acceptors (Lipinski definition) is 5. The minimum absolute atomic E-state index is 0.562. The maximum atomic E-state index is 5.47. The zero-order chi connectivity index (χ0) is 13.2. The lowest BCUT2D eigenvalue weighted by Crippen LogP contribution is -2.10. The third-order valence-corrected chi connectivity index (χ3v) is 3.24. The summed E-state index contributed by atoms with van der Waals surface area (Å²) < 4.78 is 5.15. The van der Waals surface area contributed by atoms with Crippen molar-refractivity contribution in [3.8, 4) is 17.1 Å². The number of nitrogen functional groups attached to an aromatic ring is 1. The SMILES string of the molecule is COc1ccc(-c2nc(NN)cc(C3CC3)n2)cc1. The van der Waals surface area contributed by atoms with Gasteiger partial charge >= 0.3 is 0 Å². The van der Waals surface area contributed by atoms with Crippen LogP contribution in [0.1, 0.15) is 24.5 Å². The number of hydrogen-bond donors (Lipinski definition) is 2. The van der Waals surface area contributed by atoms with Crippen LogP contribution in [0, 0.1) is 0 Å². The summed E-state index contributed by atoms with van der Waals surface area (Å²) in [5.74, 6) is 8.20. The predicted octanol–water partition coefficient (Wildman–Crippen LogP) is 2.32. The van der Waals surface area contributed by atoms with E-state index in [1.165, 1.54) is 12.8 Å². The van der Waals surface area contributed by atoms with E-state index in [2.05, 4.69) is 15.4 Å². The van der Waals surface area contributed by atoms with Gasteiger partial charge in [-0.3, -0.25) is 0 Å². The summed E-state index contributed by atoms with van der Waals surface area (Å²) in [6, 6.07) is 9.62. The second-order valence-corrected chi connectivity index (χ2v) is 4.65. The minimum atomic E-state index is 0.562. The fraction of sp³-hybridized carbons (Fsp3) is 0.286. The molecular formula is C14H16N4O. The molecular weight excluding hydrogens is 240 g/mol. The minimum Gasteiger partial charge on any atom is -0.497 e. The van der Waals surface area contributed by atoms with Crippen LogP contribution in [0.3, 0.4) is 0 Å². The zero-order valence-corrected chi connectivity index (χ0v) is 10.8. The Morgan fingerprint density at radius 2 is 1.95 bits per heavy atom. The Morgan fingerprint density at radius 3 is 2.53 bits per heavy atom. The van der Waals surface area contributed by atoms with Gasteiger partial charge in [-0.2, -0.15) is 0 Å². The van der Waals surface area contributed by atoms with Crippen LogP contribution in [0.4, 0.5) is 5.82 Å². The molecule has 0 atom stereocenters. The van der Waals surface area contributed by atoms with Gasteiger partial charge in [-0.15, -0.1) is 0 Å². The molecule has 5 nitrogen and oxygen atoms in total. The first kappa shape index (κ1) is 11.9. The van der Waals surface area contributed by atoms with E-state index >= 15 is 0 Å². The van der Waals surface area contributed by atoms with Gasteiger partial charge < -0.3 is 10.2 Å². The molecule has 0 unspecified atom stereocenters. The lowest BCUT2D eigenvalue weighted by Gasteiger charge is -2.07. The van der Waals surface area contributed by atoms with E-state index in [9.17, 15) is 0 Å². The van der Waals surface area contributed by atoms with E-state index in [1.807, 2.05) is 30.3 Å². The van der Waals surface area contributed by atoms with Crippen LogP contribution >= 0.6 is 0 Å². The van der Waals surface area contributed by atoms with E-state index in [0.29, 0.717) is 17.6 Å². The van der Waals surface area contributed by atoms with Crippen LogP contribution in [0.25, 0.3) is 11.4 Å². The van der Waals surface area contributed by atoms with Gasteiger partial charge in [-0.25, -0.2) is 15.8 Å². The third-order valence-electron chi connectivity index (χ3n) is 3.24. The summed E-state index contributed by atoms with van der Waals surface area (Å²) in [5, 5.41) is 0. The quantitative estimate of drug-likeness (QED) is 0.648. The van der Waals surface area contributed by atoms with Gasteiger partial charge in [0.2, 0.25) is 0 Å². The van der Waals surface area contributed by atoms with Crippen LogP contribution < -0.4 is 16.0 Å². The highest BCUT2D eigenvalue weighted by Crippen LogP contribution is 2.40. The van der Waals surface area contributed by atoms with Crippen LogP contribution in [-0.4, -0.2) is 17.1 Å². The number of anilines is 1. The Balaban J connectivity index is 1.99. The second-order valence-electron chi connectivity index (χ2n) is 4.65. The molecule has 1 aromatic carbocycles. The molecule has 0 spiro atoms. The molecule has 1 fully saturated rings. The van der Waals surface area contributed by atoms with Crippen LogP contribution in [0.5, 0.6) is 5.75 Å². The van der Waals surface area contributed by atoms with Crippen molar-refractivity contribution in [3.63, 3.8) is 0 Å². The van der Waals surface area contributed by atoms with Gasteiger partial charge in [0.25, 0.3) is 0 Å². The topological polar surface area (TPSA) is 73.1 Å². The van der Waals surface area contributed by atoms with Gasteiger partial charge in [0.05, 0.1) is 7.11 Å². The zero-order valence-electron chi connectivity index (χ0n) is 10.8. The molecule has 0 aliphatic heterocycles. The van der Waals surface area contributed by atoms with E-state index in [4.69, 9.17) is 10.6 Å². The van der Waals surface area contributed by atoms with Gasteiger partial charge in [0.1, 0.15) is 11.6 Å². The van der Waals surface area contributed by atoms with Gasteiger partial charge in [0, 0.05) is 23.2 Å². The average Bonchev–Trinajstić information content (AvgIpc) is 3.31. The highest BCUT2D eigenvalue weighted by atomic mass is 16.5. The van der Waals surface area contributed by atoms with Gasteiger partial charge in [-0.05, 0) is 37.1 Å². The van der Waals surface area contributed by atoms with Crippen molar-refractivity contribution >= 4 is 5.82 Å². The van der Waals surface area contributed by atoms with E-state index in [1.54, 1.807) is 7.11 Å². The standard InChI is InChI=1S/C14H16N4O/c1-19-11-6-4-10(5-7-11)14-16-12(9-2-3-9)8-13(17-14)18-15/h4-9H,2-3,15H2,1H3,(H,16,17,18). The first-order chi connectivity index (χ1) is 9.30. The molecule has 0 amide bonds. The number of nitrogens with one attached hydrogen (secondary N) is 1. The van der Waals surface area contributed by atoms with Crippen molar-refractivity contribution < 1.29 is 4.74 Å². The summed E-state index contributed by atoms with van der Waals surface area (Å²) >= 11 is 0. The molecule has 2 aromatic rings. The number of hydrazine groups is 1. The van der Waals surface area contributed by atoms with Crippen molar-refractivity contribution in [2.45, 2.75) is 18.8 Å². The molecule has 19 heavy (non-hydrogen) atoms. The molecule has 1 aliphatic carbocycles. The fourth-order valence-corrected chi connectivity index (χ4v) is 2.00.